The molecule has 2 rings (SSSR count). The van der Waals surface area contributed by atoms with Crippen molar-refractivity contribution in [3.8, 4) is 0 Å². The molecule has 2 fully saturated rings. The van der Waals surface area contributed by atoms with E-state index in [1.165, 1.54) is 19.3 Å². The molecule has 0 aromatic carbocycles. The number of hydrogen-bond donors (Lipinski definition) is 2. The zero-order valence-corrected chi connectivity index (χ0v) is 13.4. The Hall–Kier alpha value is -1.10. The van der Waals surface area contributed by atoms with Gasteiger partial charge in [0.15, 0.2) is 0 Å². The maximum absolute atomic E-state index is 12.6. The summed E-state index contributed by atoms with van der Waals surface area (Å²) in [5.41, 5.74) is -0.248. The molecule has 1 saturated heterocycles. The molecular weight excluding hydrogens is 268 g/mol. The topological polar surface area (TPSA) is 67.4 Å². The van der Waals surface area contributed by atoms with E-state index < -0.39 is 0 Å². The van der Waals surface area contributed by atoms with Crippen molar-refractivity contribution in [2.24, 2.45) is 5.41 Å². The van der Waals surface area contributed by atoms with E-state index >= 15 is 0 Å². The van der Waals surface area contributed by atoms with Gasteiger partial charge in [0, 0.05) is 12.5 Å². The number of ether oxygens (including phenoxy) is 1. The van der Waals surface area contributed by atoms with Crippen molar-refractivity contribution in [3.63, 3.8) is 0 Å². The SMILES string of the molecule is CC(C)(C)[C@@H](N[C@H]1CCOC1=O)C(=O)NC1CCCCC1. The lowest BCUT2D eigenvalue weighted by atomic mass is 9.85. The van der Waals surface area contributed by atoms with Crippen LogP contribution in [0.5, 0.6) is 0 Å². The van der Waals surface area contributed by atoms with Crippen molar-refractivity contribution in [1.29, 1.82) is 0 Å². The molecule has 2 atom stereocenters. The predicted molar refractivity (Wildman–Crippen MR) is 80.8 cm³/mol. The lowest BCUT2D eigenvalue weighted by molar-refractivity contribution is -0.140. The fourth-order valence-electron chi connectivity index (χ4n) is 3.10. The molecule has 1 amide bonds. The Balaban J connectivity index is 1.97. The number of carbonyl (C=O) groups excluding carboxylic acids is 2. The first-order valence-electron chi connectivity index (χ1n) is 8.11. The van der Waals surface area contributed by atoms with Gasteiger partial charge in [0.05, 0.1) is 12.6 Å². The third-order valence-corrected chi connectivity index (χ3v) is 4.38. The standard InChI is InChI=1S/C16H28N2O3/c1-16(2,3)13(18-12-9-10-21-15(12)20)14(19)17-11-7-5-4-6-8-11/h11-13,18H,4-10H2,1-3H3,(H,17,19)/t12-,13-/m0/s1. The van der Waals surface area contributed by atoms with E-state index in [0.29, 0.717) is 13.0 Å². The number of cyclic esters (lactones) is 1. The molecule has 1 saturated carbocycles. The molecule has 5 heteroatoms. The maximum Gasteiger partial charge on any atom is 0.323 e. The number of esters is 1. The molecule has 1 heterocycles. The van der Waals surface area contributed by atoms with Crippen LogP contribution in [0.25, 0.3) is 0 Å². The number of hydrogen-bond acceptors (Lipinski definition) is 4. The summed E-state index contributed by atoms with van der Waals surface area (Å²) in [5.74, 6) is -0.233. The highest BCUT2D eigenvalue weighted by Crippen LogP contribution is 2.23. The molecule has 1 aliphatic heterocycles. The molecule has 0 aromatic heterocycles. The molecule has 120 valence electrons. The van der Waals surface area contributed by atoms with Gasteiger partial charge in [-0.15, -0.1) is 0 Å². The van der Waals surface area contributed by atoms with Crippen LogP contribution in [-0.4, -0.2) is 36.6 Å². The minimum absolute atomic E-state index is 0.00843. The smallest absolute Gasteiger partial charge is 0.323 e. The van der Waals surface area contributed by atoms with Gasteiger partial charge in [0.25, 0.3) is 0 Å². The van der Waals surface area contributed by atoms with E-state index in [2.05, 4.69) is 10.6 Å². The molecule has 0 spiro atoms. The highest BCUT2D eigenvalue weighted by molar-refractivity contribution is 5.84. The van der Waals surface area contributed by atoms with Crippen LogP contribution in [0.4, 0.5) is 0 Å². The summed E-state index contributed by atoms with van der Waals surface area (Å²) in [7, 11) is 0. The Morgan fingerprint density at radius 3 is 2.38 bits per heavy atom. The zero-order chi connectivity index (χ0) is 15.5. The van der Waals surface area contributed by atoms with Crippen LogP contribution >= 0.6 is 0 Å². The molecule has 0 radical (unpaired) electrons. The fraction of sp³-hybridized carbons (Fsp3) is 0.875. The number of amides is 1. The number of rotatable bonds is 4. The first-order chi connectivity index (χ1) is 9.88. The third kappa shape index (κ3) is 4.43. The van der Waals surface area contributed by atoms with Crippen molar-refractivity contribution in [2.45, 2.75) is 77.4 Å². The Morgan fingerprint density at radius 2 is 1.86 bits per heavy atom. The van der Waals surface area contributed by atoms with E-state index in [-0.39, 0.29) is 35.4 Å². The summed E-state index contributed by atoms with van der Waals surface area (Å²) in [6.45, 7) is 6.50. The predicted octanol–water partition coefficient (Wildman–Crippen LogP) is 1.76. The first-order valence-corrected chi connectivity index (χ1v) is 8.11. The van der Waals surface area contributed by atoms with E-state index in [0.717, 1.165) is 12.8 Å². The molecule has 0 aromatic rings. The van der Waals surface area contributed by atoms with Crippen molar-refractivity contribution in [2.75, 3.05) is 6.61 Å². The quantitative estimate of drug-likeness (QED) is 0.776. The Labute approximate surface area is 127 Å². The summed E-state index contributed by atoms with van der Waals surface area (Å²) in [5, 5.41) is 6.37. The fourth-order valence-corrected chi connectivity index (χ4v) is 3.10. The Bertz CT molecular complexity index is 383. The Kier molecular flexibility index (Phi) is 5.25. The minimum Gasteiger partial charge on any atom is -0.464 e. The van der Waals surface area contributed by atoms with Gasteiger partial charge in [-0.1, -0.05) is 40.0 Å². The van der Waals surface area contributed by atoms with Crippen molar-refractivity contribution < 1.29 is 14.3 Å². The van der Waals surface area contributed by atoms with Crippen LogP contribution < -0.4 is 10.6 Å². The number of nitrogens with one attached hydrogen (secondary N) is 2. The largest absolute Gasteiger partial charge is 0.464 e. The lowest BCUT2D eigenvalue weighted by Crippen LogP contribution is -2.57. The van der Waals surface area contributed by atoms with Gasteiger partial charge in [-0.05, 0) is 18.3 Å². The van der Waals surface area contributed by atoms with E-state index in [1.54, 1.807) is 0 Å². The minimum atomic E-state index is -0.380. The summed E-state index contributed by atoms with van der Waals surface area (Å²) < 4.78 is 4.98. The molecule has 21 heavy (non-hydrogen) atoms. The van der Waals surface area contributed by atoms with Crippen LogP contribution in [0.2, 0.25) is 0 Å². The average Bonchev–Trinajstić information content (AvgIpc) is 2.81. The normalized spacial score (nSPS) is 25.5. The lowest BCUT2D eigenvalue weighted by Gasteiger charge is -2.34. The van der Waals surface area contributed by atoms with E-state index in [9.17, 15) is 9.59 Å². The molecule has 5 nitrogen and oxygen atoms in total. The molecule has 2 aliphatic rings. The molecule has 2 N–H and O–H groups in total. The highest BCUT2D eigenvalue weighted by Gasteiger charge is 2.37. The second kappa shape index (κ2) is 6.77. The van der Waals surface area contributed by atoms with Gasteiger partial charge in [0.2, 0.25) is 5.91 Å². The summed E-state index contributed by atoms with van der Waals surface area (Å²) >= 11 is 0. The summed E-state index contributed by atoms with van der Waals surface area (Å²) in [6, 6.07) is -0.449. The molecule has 1 aliphatic carbocycles. The van der Waals surface area contributed by atoms with Gasteiger partial charge < -0.3 is 10.1 Å². The highest BCUT2D eigenvalue weighted by atomic mass is 16.5. The van der Waals surface area contributed by atoms with Crippen LogP contribution in [0.15, 0.2) is 0 Å². The first kappa shape index (κ1) is 16.3. The summed E-state index contributed by atoms with van der Waals surface area (Å²) in [4.78, 5) is 24.3. The van der Waals surface area contributed by atoms with Crippen molar-refractivity contribution in [1.82, 2.24) is 10.6 Å². The monoisotopic (exact) mass is 296 g/mol. The second-order valence-corrected chi connectivity index (χ2v) is 7.32. The summed E-state index contributed by atoms with van der Waals surface area (Å²) in [6.07, 6.45) is 6.41. The molecule has 0 unspecified atom stereocenters. The van der Waals surface area contributed by atoms with Gasteiger partial charge in [-0.2, -0.15) is 0 Å². The van der Waals surface area contributed by atoms with E-state index in [1.807, 2.05) is 20.8 Å². The molecule has 0 bridgehead atoms. The van der Waals surface area contributed by atoms with Gasteiger partial charge >= 0.3 is 5.97 Å². The number of carbonyl (C=O) groups is 2. The van der Waals surface area contributed by atoms with Crippen LogP contribution in [0.3, 0.4) is 0 Å². The van der Waals surface area contributed by atoms with Gasteiger partial charge in [0.1, 0.15) is 6.04 Å². The van der Waals surface area contributed by atoms with E-state index in [4.69, 9.17) is 4.74 Å². The maximum atomic E-state index is 12.6. The Morgan fingerprint density at radius 1 is 1.19 bits per heavy atom. The van der Waals surface area contributed by atoms with Crippen LogP contribution in [0.1, 0.15) is 59.3 Å². The third-order valence-electron chi connectivity index (χ3n) is 4.38. The average molecular weight is 296 g/mol. The van der Waals surface area contributed by atoms with Crippen molar-refractivity contribution in [3.05, 3.63) is 0 Å². The van der Waals surface area contributed by atoms with Gasteiger partial charge in [-0.25, -0.2) is 0 Å². The second-order valence-electron chi connectivity index (χ2n) is 7.32. The van der Waals surface area contributed by atoms with Crippen LogP contribution in [-0.2, 0) is 14.3 Å². The van der Waals surface area contributed by atoms with Crippen molar-refractivity contribution >= 4 is 11.9 Å². The van der Waals surface area contributed by atoms with Crippen LogP contribution in [0, 0.1) is 5.41 Å². The van der Waals surface area contributed by atoms with Gasteiger partial charge in [-0.3, -0.25) is 14.9 Å². The molecular formula is C16H28N2O3. The zero-order valence-electron chi connectivity index (χ0n) is 13.4.